The lowest BCUT2D eigenvalue weighted by molar-refractivity contribution is 0.0977. The van der Waals surface area contributed by atoms with Crippen LogP contribution in [-0.4, -0.2) is 19.4 Å². The molecule has 16 heavy (non-hydrogen) atoms. The largest absolute Gasteiger partial charge is 0.496 e. The second kappa shape index (κ2) is 6.28. The second-order valence-electron chi connectivity index (χ2n) is 3.70. The van der Waals surface area contributed by atoms with Crippen LogP contribution in [0.25, 0.3) is 0 Å². The van der Waals surface area contributed by atoms with E-state index in [1.807, 2.05) is 18.2 Å². The van der Waals surface area contributed by atoms with Crippen LogP contribution in [0.15, 0.2) is 18.2 Å². The van der Waals surface area contributed by atoms with Crippen LogP contribution in [0, 0.1) is 0 Å². The summed E-state index contributed by atoms with van der Waals surface area (Å²) in [6.07, 6.45) is 2.12. The van der Waals surface area contributed by atoms with Crippen molar-refractivity contribution in [3.8, 4) is 5.75 Å². The van der Waals surface area contributed by atoms with Gasteiger partial charge in [0.15, 0.2) is 5.78 Å². The molecule has 0 bridgehead atoms. The summed E-state index contributed by atoms with van der Waals surface area (Å²) >= 11 is 0. The Morgan fingerprint density at radius 2 is 2.19 bits per heavy atom. The Balaban J connectivity index is 2.94. The number of carbonyl (C=O) groups is 1. The average Bonchev–Trinajstić information content (AvgIpc) is 2.35. The predicted molar refractivity (Wildman–Crippen MR) is 65.0 cm³/mol. The highest BCUT2D eigenvalue weighted by Crippen LogP contribution is 2.22. The minimum Gasteiger partial charge on any atom is -0.496 e. The highest BCUT2D eigenvalue weighted by Gasteiger charge is 2.12. The van der Waals surface area contributed by atoms with E-state index in [-0.39, 0.29) is 5.78 Å². The van der Waals surface area contributed by atoms with E-state index in [1.165, 1.54) is 0 Å². The lowest BCUT2D eigenvalue weighted by atomic mass is 10.0. The molecule has 0 saturated carbocycles. The number of Topliss-reactive ketones (excluding diaryl/α,β-unsaturated/α-hetero) is 1. The van der Waals surface area contributed by atoms with Gasteiger partial charge in [-0.2, -0.15) is 0 Å². The smallest absolute Gasteiger partial charge is 0.166 e. The molecule has 0 saturated heterocycles. The van der Waals surface area contributed by atoms with Crippen molar-refractivity contribution in [2.24, 2.45) is 5.73 Å². The predicted octanol–water partition coefficient (Wildman–Crippen LogP) is 2.18. The van der Waals surface area contributed by atoms with Crippen LogP contribution in [0.1, 0.15) is 35.7 Å². The van der Waals surface area contributed by atoms with Gasteiger partial charge < -0.3 is 10.5 Å². The molecular formula is C13H19NO2. The molecule has 3 nitrogen and oxygen atoms in total. The van der Waals surface area contributed by atoms with Gasteiger partial charge in [-0.1, -0.05) is 13.0 Å². The van der Waals surface area contributed by atoms with Crippen molar-refractivity contribution in [2.75, 3.05) is 13.7 Å². The lowest BCUT2D eigenvalue weighted by Crippen LogP contribution is -2.07. The number of ketones is 1. The zero-order chi connectivity index (χ0) is 12.0. The molecule has 0 fully saturated rings. The van der Waals surface area contributed by atoms with Gasteiger partial charge in [-0.25, -0.2) is 0 Å². The number of benzene rings is 1. The van der Waals surface area contributed by atoms with Crippen molar-refractivity contribution < 1.29 is 9.53 Å². The Kier molecular flexibility index (Phi) is 4.99. The molecule has 0 amide bonds. The van der Waals surface area contributed by atoms with Crippen molar-refractivity contribution in [3.05, 3.63) is 29.3 Å². The summed E-state index contributed by atoms with van der Waals surface area (Å²) in [5, 5.41) is 0. The molecule has 1 rings (SSSR count). The maximum absolute atomic E-state index is 11.9. The van der Waals surface area contributed by atoms with E-state index < -0.39 is 0 Å². The Morgan fingerprint density at radius 1 is 1.44 bits per heavy atom. The fraction of sp³-hybridized carbons (Fsp3) is 0.462. The molecule has 0 aliphatic rings. The maximum atomic E-state index is 11.9. The fourth-order valence-electron chi connectivity index (χ4n) is 1.59. The van der Waals surface area contributed by atoms with Gasteiger partial charge in [0.05, 0.1) is 12.7 Å². The number of methoxy groups -OCH3 is 1. The normalized spacial score (nSPS) is 10.2. The van der Waals surface area contributed by atoms with E-state index in [0.717, 1.165) is 18.4 Å². The van der Waals surface area contributed by atoms with Crippen LogP contribution in [0.5, 0.6) is 5.75 Å². The van der Waals surface area contributed by atoms with Gasteiger partial charge in [-0.15, -0.1) is 0 Å². The van der Waals surface area contributed by atoms with E-state index >= 15 is 0 Å². The zero-order valence-electron chi connectivity index (χ0n) is 9.95. The van der Waals surface area contributed by atoms with Crippen LogP contribution < -0.4 is 10.5 Å². The highest BCUT2D eigenvalue weighted by molar-refractivity contribution is 5.98. The molecule has 0 unspecified atom stereocenters. The molecule has 3 heteroatoms. The third kappa shape index (κ3) is 3.07. The third-order valence-corrected chi connectivity index (χ3v) is 2.58. The van der Waals surface area contributed by atoms with Crippen molar-refractivity contribution in [2.45, 2.75) is 26.2 Å². The summed E-state index contributed by atoms with van der Waals surface area (Å²) < 4.78 is 5.19. The van der Waals surface area contributed by atoms with E-state index in [2.05, 4.69) is 6.92 Å². The average molecular weight is 221 g/mol. The molecule has 0 aromatic heterocycles. The first-order chi connectivity index (χ1) is 7.72. The molecule has 0 aliphatic heterocycles. The number of carbonyl (C=O) groups excluding carboxylic acids is 1. The number of rotatable bonds is 6. The van der Waals surface area contributed by atoms with E-state index in [1.54, 1.807) is 7.11 Å². The molecule has 0 atom stereocenters. The second-order valence-corrected chi connectivity index (χ2v) is 3.70. The highest BCUT2D eigenvalue weighted by atomic mass is 16.5. The van der Waals surface area contributed by atoms with Gasteiger partial charge in [-0.05, 0) is 37.1 Å². The third-order valence-electron chi connectivity index (χ3n) is 2.58. The van der Waals surface area contributed by atoms with Crippen LogP contribution in [-0.2, 0) is 6.42 Å². The van der Waals surface area contributed by atoms with Crippen LogP contribution in [0.3, 0.4) is 0 Å². The Labute approximate surface area is 96.6 Å². The van der Waals surface area contributed by atoms with Crippen molar-refractivity contribution in [3.63, 3.8) is 0 Å². The van der Waals surface area contributed by atoms with Gasteiger partial charge in [0.2, 0.25) is 0 Å². The first-order valence-electron chi connectivity index (χ1n) is 5.63. The molecule has 2 N–H and O–H groups in total. The van der Waals surface area contributed by atoms with Gasteiger partial charge in [-0.3, -0.25) is 4.79 Å². The minimum absolute atomic E-state index is 0.109. The molecular weight excluding hydrogens is 202 g/mol. The number of hydrogen-bond acceptors (Lipinski definition) is 3. The van der Waals surface area contributed by atoms with Gasteiger partial charge in [0.25, 0.3) is 0 Å². The zero-order valence-corrected chi connectivity index (χ0v) is 9.95. The van der Waals surface area contributed by atoms with Crippen molar-refractivity contribution in [1.82, 2.24) is 0 Å². The van der Waals surface area contributed by atoms with Crippen molar-refractivity contribution in [1.29, 1.82) is 0 Å². The molecule has 0 spiro atoms. The summed E-state index contributed by atoms with van der Waals surface area (Å²) in [6, 6.07) is 5.75. The lowest BCUT2D eigenvalue weighted by Gasteiger charge is -2.09. The SMILES string of the molecule is CCc1ccc(OC)c(C(=O)CCCN)c1. The number of ether oxygens (including phenoxy) is 1. The summed E-state index contributed by atoms with van der Waals surface area (Å²) in [6.45, 7) is 2.61. The molecule has 1 aromatic rings. The maximum Gasteiger partial charge on any atom is 0.166 e. The number of nitrogens with two attached hydrogens (primary N) is 1. The molecule has 88 valence electrons. The van der Waals surface area contributed by atoms with E-state index in [9.17, 15) is 4.79 Å². The van der Waals surface area contributed by atoms with E-state index in [4.69, 9.17) is 10.5 Å². The van der Waals surface area contributed by atoms with Crippen LogP contribution >= 0.6 is 0 Å². The molecule has 0 radical (unpaired) electrons. The monoisotopic (exact) mass is 221 g/mol. The van der Waals surface area contributed by atoms with Crippen LogP contribution in [0.2, 0.25) is 0 Å². The summed E-state index contributed by atoms with van der Waals surface area (Å²) in [5.41, 5.74) is 7.22. The molecule has 0 heterocycles. The van der Waals surface area contributed by atoms with Crippen molar-refractivity contribution >= 4 is 5.78 Å². The molecule has 1 aromatic carbocycles. The summed E-state index contributed by atoms with van der Waals surface area (Å²) in [5.74, 6) is 0.761. The quantitative estimate of drug-likeness (QED) is 0.749. The molecule has 0 aliphatic carbocycles. The number of hydrogen-bond donors (Lipinski definition) is 1. The van der Waals surface area contributed by atoms with Crippen LogP contribution in [0.4, 0.5) is 0 Å². The van der Waals surface area contributed by atoms with Gasteiger partial charge >= 0.3 is 0 Å². The van der Waals surface area contributed by atoms with Gasteiger partial charge in [0, 0.05) is 6.42 Å². The Bertz CT molecular complexity index is 361. The standard InChI is InChI=1S/C13H19NO2/c1-3-10-6-7-13(16-2)11(9-10)12(15)5-4-8-14/h6-7,9H,3-5,8,14H2,1-2H3. The number of aryl methyl sites for hydroxylation is 1. The first-order valence-corrected chi connectivity index (χ1v) is 5.63. The topological polar surface area (TPSA) is 52.3 Å². The Hall–Kier alpha value is -1.35. The summed E-state index contributed by atoms with van der Waals surface area (Å²) in [7, 11) is 1.58. The van der Waals surface area contributed by atoms with Gasteiger partial charge in [0.1, 0.15) is 5.75 Å². The van der Waals surface area contributed by atoms with E-state index in [0.29, 0.717) is 24.3 Å². The fourth-order valence-corrected chi connectivity index (χ4v) is 1.59. The Morgan fingerprint density at radius 3 is 2.75 bits per heavy atom. The summed E-state index contributed by atoms with van der Waals surface area (Å²) in [4.78, 5) is 11.9. The first kappa shape index (κ1) is 12.7. The minimum atomic E-state index is 0.109.